The van der Waals surface area contributed by atoms with Gasteiger partial charge in [-0.2, -0.15) is 0 Å². The van der Waals surface area contributed by atoms with Crippen LogP contribution in [0.3, 0.4) is 0 Å². The molecule has 0 aromatic carbocycles. The lowest BCUT2D eigenvalue weighted by Gasteiger charge is -2.27. The second-order valence-electron chi connectivity index (χ2n) is 4.86. The van der Waals surface area contributed by atoms with Gasteiger partial charge in [0.15, 0.2) is 0 Å². The third-order valence-electron chi connectivity index (χ3n) is 2.62. The van der Waals surface area contributed by atoms with Crippen LogP contribution in [0, 0.1) is 11.3 Å². The maximum atomic E-state index is 11.3. The fourth-order valence-corrected chi connectivity index (χ4v) is 1.02. The van der Waals surface area contributed by atoms with Crippen LogP contribution >= 0.6 is 11.6 Å². The van der Waals surface area contributed by atoms with Gasteiger partial charge in [-0.3, -0.25) is 4.79 Å². The third kappa shape index (κ3) is 6.25. The van der Waals surface area contributed by atoms with Gasteiger partial charge in [0.1, 0.15) is 0 Å². The van der Waals surface area contributed by atoms with E-state index in [2.05, 4.69) is 33.0 Å². The summed E-state index contributed by atoms with van der Waals surface area (Å²) in [5.74, 6) is 1.16. The van der Waals surface area contributed by atoms with Crippen LogP contribution < -0.4 is 5.32 Å². The zero-order chi connectivity index (χ0) is 11.2. The van der Waals surface area contributed by atoms with E-state index in [0.29, 0.717) is 18.2 Å². The van der Waals surface area contributed by atoms with Gasteiger partial charge >= 0.3 is 0 Å². The molecule has 0 aliphatic rings. The van der Waals surface area contributed by atoms with Gasteiger partial charge in [0.05, 0.1) is 0 Å². The predicted molar refractivity (Wildman–Crippen MR) is 61.6 cm³/mol. The van der Waals surface area contributed by atoms with Crippen LogP contribution in [-0.2, 0) is 4.79 Å². The molecule has 0 aliphatic heterocycles. The largest absolute Gasteiger partial charge is 0.356 e. The molecule has 84 valence electrons. The molecule has 0 rings (SSSR count). The lowest BCUT2D eigenvalue weighted by atomic mass is 9.82. The highest BCUT2D eigenvalue weighted by atomic mass is 35.5. The van der Waals surface area contributed by atoms with E-state index in [9.17, 15) is 4.79 Å². The first-order chi connectivity index (χ1) is 6.38. The molecule has 14 heavy (non-hydrogen) atoms. The number of alkyl halides is 1. The Morgan fingerprint density at radius 1 is 1.43 bits per heavy atom. The summed E-state index contributed by atoms with van der Waals surface area (Å²) in [7, 11) is 0. The Morgan fingerprint density at radius 2 is 2.00 bits per heavy atom. The Balaban J connectivity index is 3.67. The van der Waals surface area contributed by atoms with Crippen LogP contribution in [0.5, 0.6) is 0 Å². The van der Waals surface area contributed by atoms with Gasteiger partial charge in [-0.15, -0.1) is 11.6 Å². The number of halogens is 1. The maximum Gasteiger partial charge on any atom is 0.220 e. The van der Waals surface area contributed by atoms with Gasteiger partial charge in [0.2, 0.25) is 5.91 Å². The monoisotopic (exact) mass is 219 g/mol. The highest BCUT2D eigenvalue weighted by Crippen LogP contribution is 2.24. The Hall–Kier alpha value is -0.240. The van der Waals surface area contributed by atoms with E-state index in [0.717, 1.165) is 13.0 Å². The van der Waals surface area contributed by atoms with Gasteiger partial charge in [-0.05, 0) is 17.8 Å². The minimum atomic E-state index is 0.113. The van der Waals surface area contributed by atoms with E-state index in [1.165, 1.54) is 0 Å². The Bertz CT molecular complexity index is 175. The van der Waals surface area contributed by atoms with Crippen molar-refractivity contribution in [2.75, 3.05) is 12.4 Å². The predicted octanol–water partition coefficient (Wildman–Crippen LogP) is 2.80. The van der Waals surface area contributed by atoms with E-state index in [1.807, 2.05) is 0 Å². The molecule has 0 aromatic heterocycles. The molecule has 1 unspecified atom stereocenters. The molecule has 0 heterocycles. The Labute approximate surface area is 92.4 Å². The Morgan fingerprint density at radius 3 is 2.43 bits per heavy atom. The van der Waals surface area contributed by atoms with Crippen LogP contribution in [0.25, 0.3) is 0 Å². The van der Waals surface area contributed by atoms with Crippen molar-refractivity contribution in [2.24, 2.45) is 11.3 Å². The normalized spacial score (nSPS) is 13.8. The lowest BCUT2D eigenvalue weighted by molar-refractivity contribution is -0.121. The van der Waals surface area contributed by atoms with E-state index < -0.39 is 0 Å². The zero-order valence-electron chi connectivity index (χ0n) is 9.69. The summed E-state index contributed by atoms with van der Waals surface area (Å²) in [6.07, 6.45) is 1.30. The van der Waals surface area contributed by atoms with Crippen LogP contribution in [0.15, 0.2) is 0 Å². The minimum absolute atomic E-state index is 0.113. The second-order valence-corrected chi connectivity index (χ2v) is 5.24. The standard InChI is InChI=1S/C11H22ClNO/c1-9(11(2,3)4)8-13-10(14)6-5-7-12/h9H,5-8H2,1-4H3,(H,13,14). The molecule has 3 heteroatoms. The molecule has 0 saturated heterocycles. The van der Waals surface area contributed by atoms with E-state index in [4.69, 9.17) is 11.6 Å². The SMILES string of the molecule is CC(CNC(=O)CCCCl)C(C)(C)C. The average molecular weight is 220 g/mol. The number of amides is 1. The molecule has 0 aliphatic carbocycles. The summed E-state index contributed by atoms with van der Waals surface area (Å²) in [4.78, 5) is 11.3. The summed E-state index contributed by atoms with van der Waals surface area (Å²) in [5.41, 5.74) is 0.250. The number of hydrogen-bond acceptors (Lipinski definition) is 1. The first-order valence-corrected chi connectivity index (χ1v) is 5.74. The van der Waals surface area contributed by atoms with Crippen molar-refractivity contribution >= 4 is 17.5 Å². The molecule has 2 nitrogen and oxygen atoms in total. The number of rotatable bonds is 5. The first-order valence-electron chi connectivity index (χ1n) is 5.20. The van der Waals surface area contributed by atoms with Crippen molar-refractivity contribution in [3.63, 3.8) is 0 Å². The van der Waals surface area contributed by atoms with Gasteiger partial charge in [0, 0.05) is 18.8 Å². The first kappa shape index (κ1) is 13.8. The molecule has 0 spiro atoms. The summed E-state index contributed by atoms with van der Waals surface area (Å²) < 4.78 is 0. The Kier molecular flexibility index (Phi) is 6.17. The summed E-state index contributed by atoms with van der Waals surface area (Å²) in [6, 6.07) is 0. The quantitative estimate of drug-likeness (QED) is 0.708. The average Bonchev–Trinajstić information content (AvgIpc) is 2.09. The molecule has 1 amide bonds. The molecule has 0 fully saturated rings. The van der Waals surface area contributed by atoms with Crippen molar-refractivity contribution in [2.45, 2.75) is 40.5 Å². The third-order valence-corrected chi connectivity index (χ3v) is 2.89. The summed E-state index contributed by atoms with van der Waals surface area (Å²) in [5, 5.41) is 2.93. The van der Waals surface area contributed by atoms with Crippen molar-refractivity contribution in [3.05, 3.63) is 0 Å². The van der Waals surface area contributed by atoms with Crippen molar-refractivity contribution in [1.29, 1.82) is 0 Å². The molecule has 0 saturated carbocycles. The van der Waals surface area contributed by atoms with Gasteiger partial charge in [0.25, 0.3) is 0 Å². The minimum Gasteiger partial charge on any atom is -0.356 e. The topological polar surface area (TPSA) is 29.1 Å². The number of hydrogen-bond donors (Lipinski definition) is 1. The second kappa shape index (κ2) is 6.28. The molecular formula is C11H22ClNO. The molecule has 1 atom stereocenters. The van der Waals surface area contributed by atoms with E-state index in [-0.39, 0.29) is 11.3 Å². The van der Waals surface area contributed by atoms with E-state index in [1.54, 1.807) is 0 Å². The number of nitrogens with one attached hydrogen (secondary N) is 1. The molecule has 1 N–H and O–H groups in total. The fourth-order valence-electron chi connectivity index (χ4n) is 0.889. The molecular weight excluding hydrogens is 198 g/mol. The number of carbonyl (C=O) groups is 1. The summed E-state index contributed by atoms with van der Waals surface area (Å²) in [6.45, 7) is 9.46. The van der Waals surface area contributed by atoms with E-state index >= 15 is 0 Å². The number of carbonyl (C=O) groups excluding carboxylic acids is 1. The maximum absolute atomic E-state index is 11.3. The van der Waals surface area contributed by atoms with Crippen molar-refractivity contribution in [3.8, 4) is 0 Å². The van der Waals surface area contributed by atoms with Gasteiger partial charge in [-0.1, -0.05) is 27.7 Å². The van der Waals surface area contributed by atoms with Gasteiger partial charge < -0.3 is 5.32 Å². The van der Waals surface area contributed by atoms with Crippen LogP contribution in [0.2, 0.25) is 0 Å². The molecule has 0 bridgehead atoms. The highest BCUT2D eigenvalue weighted by molar-refractivity contribution is 6.17. The highest BCUT2D eigenvalue weighted by Gasteiger charge is 2.19. The van der Waals surface area contributed by atoms with Crippen LogP contribution in [0.1, 0.15) is 40.5 Å². The molecule has 0 radical (unpaired) electrons. The van der Waals surface area contributed by atoms with Crippen LogP contribution in [-0.4, -0.2) is 18.3 Å². The lowest BCUT2D eigenvalue weighted by Crippen LogP contribution is -2.33. The fraction of sp³-hybridized carbons (Fsp3) is 0.909. The van der Waals surface area contributed by atoms with Crippen molar-refractivity contribution in [1.82, 2.24) is 5.32 Å². The smallest absolute Gasteiger partial charge is 0.220 e. The van der Waals surface area contributed by atoms with Crippen molar-refractivity contribution < 1.29 is 4.79 Å². The zero-order valence-corrected chi connectivity index (χ0v) is 10.4. The summed E-state index contributed by atoms with van der Waals surface area (Å²) >= 11 is 5.50. The molecule has 0 aromatic rings. The van der Waals surface area contributed by atoms with Crippen LogP contribution in [0.4, 0.5) is 0 Å². The van der Waals surface area contributed by atoms with Gasteiger partial charge in [-0.25, -0.2) is 0 Å².